The van der Waals surface area contributed by atoms with Crippen LogP contribution in [0.3, 0.4) is 0 Å². The predicted molar refractivity (Wildman–Crippen MR) is 122 cm³/mol. The molecule has 4 rings (SSSR count). The monoisotopic (exact) mass is 422 g/mol. The van der Waals surface area contributed by atoms with Gasteiger partial charge in [0.25, 0.3) is 0 Å². The van der Waals surface area contributed by atoms with Gasteiger partial charge in [-0.25, -0.2) is 0 Å². The van der Waals surface area contributed by atoms with Gasteiger partial charge >= 0.3 is 0 Å². The summed E-state index contributed by atoms with van der Waals surface area (Å²) in [5.41, 5.74) is 1.97. The molecule has 0 unspecified atom stereocenters. The Hall–Kier alpha value is -3.41. The molecular formula is C25H26O6. The van der Waals surface area contributed by atoms with Crippen LogP contribution in [-0.4, -0.2) is 24.9 Å². The zero-order valence-corrected chi connectivity index (χ0v) is 18.6. The van der Waals surface area contributed by atoms with Gasteiger partial charge in [0.2, 0.25) is 5.43 Å². The number of rotatable bonds is 4. The highest BCUT2D eigenvalue weighted by Crippen LogP contribution is 2.43. The molecule has 0 aliphatic carbocycles. The average molecular weight is 422 g/mol. The molecule has 162 valence electrons. The van der Waals surface area contributed by atoms with Crippen LogP contribution in [0.15, 0.2) is 39.1 Å². The van der Waals surface area contributed by atoms with E-state index in [2.05, 4.69) is 0 Å². The van der Waals surface area contributed by atoms with Crippen molar-refractivity contribution in [2.45, 2.75) is 39.7 Å². The van der Waals surface area contributed by atoms with Gasteiger partial charge in [-0.2, -0.15) is 0 Å². The molecular weight excluding hydrogens is 396 g/mol. The minimum atomic E-state index is -0.529. The largest absolute Gasteiger partial charge is 0.506 e. The van der Waals surface area contributed by atoms with Crippen LogP contribution in [0.25, 0.3) is 28.0 Å². The van der Waals surface area contributed by atoms with E-state index in [1.54, 1.807) is 18.2 Å². The molecule has 31 heavy (non-hydrogen) atoms. The number of allylic oxidation sites excluding steroid dienone is 2. The molecule has 2 aromatic carbocycles. The third-order valence-electron chi connectivity index (χ3n) is 5.41. The van der Waals surface area contributed by atoms with Crippen molar-refractivity contribution in [1.29, 1.82) is 0 Å². The van der Waals surface area contributed by atoms with E-state index in [4.69, 9.17) is 18.6 Å². The number of ether oxygens (including phenoxy) is 3. The molecule has 6 nitrogen and oxygen atoms in total. The lowest BCUT2D eigenvalue weighted by molar-refractivity contribution is 0.158. The van der Waals surface area contributed by atoms with Gasteiger partial charge in [0.05, 0.1) is 25.2 Å². The highest BCUT2D eigenvalue weighted by Gasteiger charge is 2.28. The summed E-state index contributed by atoms with van der Waals surface area (Å²) in [5, 5.41) is 11.5. The number of hydrogen-bond acceptors (Lipinski definition) is 6. The molecule has 1 N–H and O–H groups in total. The Morgan fingerprint density at radius 1 is 1.13 bits per heavy atom. The smallest absolute Gasteiger partial charge is 0.204 e. The van der Waals surface area contributed by atoms with Crippen molar-refractivity contribution in [3.63, 3.8) is 0 Å². The van der Waals surface area contributed by atoms with Crippen LogP contribution in [0.2, 0.25) is 0 Å². The maximum absolute atomic E-state index is 13.7. The second-order valence-electron chi connectivity index (χ2n) is 8.43. The zero-order chi connectivity index (χ0) is 22.5. The lowest BCUT2D eigenvalue weighted by Gasteiger charge is -2.28. The first kappa shape index (κ1) is 20.8. The van der Waals surface area contributed by atoms with Gasteiger partial charge in [-0.1, -0.05) is 11.6 Å². The van der Waals surface area contributed by atoms with E-state index in [0.29, 0.717) is 45.8 Å². The topological polar surface area (TPSA) is 78.1 Å². The van der Waals surface area contributed by atoms with Gasteiger partial charge in [-0.15, -0.1) is 0 Å². The molecule has 6 heteroatoms. The number of methoxy groups -OCH3 is 2. The fourth-order valence-electron chi connectivity index (χ4n) is 3.90. The van der Waals surface area contributed by atoms with Crippen molar-refractivity contribution in [3.05, 3.63) is 51.2 Å². The minimum absolute atomic E-state index is 0.116. The van der Waals surface area contributed by atoms with Crippen molar-refractivity contribution in [2.75, 3.05) is 14.2 Å². The Balaban J connectivity index is 2.13. The third kappa shape index (κ3) is 3.42. The third-order valence-corrected chi connectivity index (χ3v) is 5.41. The zero-order valence-electron chi connectivity index (χ0n) is 18.6. The highest BCUT2D eigenvalue weighted by molar-refractivity contribution is 5.99. The van der Waals surface area contributed by atoms with Gasteiger partial charge in [0, 0.05) is 17.7 Å². The molecule has 2 heterocycles. The molecule has 0 radical (unpaired) electrons. The Bertz CT molecular complexity index is 1320. The Morgan fingerprint density at radius 3 is 2.48 bits per heavy atom. The van der Waals surface area contributed by atoms with Gasteiger partial charge in [-0.05, 0) is 46.3 Å². The summed E-state index contributed by atoms with van der Waals surface area (Å²) in [6, 6.07) is 3.30. The summed E-state index contributed by atoms with van der Waals surface area (Å²) in [7, 11) is 3.08. The van der Waals surface area contributed by atoms with E-state index in [1.165, 1.54) is 14.2 Å². The fourth-order valence-corrected chi connectivity index (χ4v) is 3.90. The van der Waals surface area contributed by atoms with Gasteiger partial charge in [-0.3, -0.25) is 4.79 Å². The van der Waals surface area contributed by atoms with Crippen molar-refractivity contribution in [2.24, 2.45) is 0 Å². The summed E-state index contributed by atoms with van der Waals surface area (Å²) in [6.45, 7) is 7.80. The maximum Gasteiger partial charge on any atom is 0.204 e. The van der Waals surface area contributed by atoms with Crippen molar-refractivity contribution < 1.29 is 23.7 Å². The molecule has 0 fully saturated rings. The van der Waals surface area contributed by atoms with Crippen molar-refractivity contribution >= 4 is 28.0 Å². The number of hydrogen-bond donors (Lipinski definition) is 1. The van der Waals surface area contributed by atoms with Crippen LogP contribution < -0.4 is 19.6 Å². The Morgan fingerprint density at radius 2 is 1.84 bits per heavy atom. The van der Waals surface area contributed by atoms with Gasteiger partial charge in [0.15, 0.2) is 11.5 Å². The van der Waals surface area contributed by atoms with E-state index in [0.717, 1.165) is 5.57 Å². The van der Waals surface area contributed by atoms with Gasteiger partial charge < -0.3 is 23.7 Å². The first-order valence-electron chi connectivity index (χ1n) is 10.1. The first-order chi connectivity index (χ1) is 14.7. The lowest BCUT2D eigenvalue weighted by atomic mass is 9.97. The number of phenols is 1. The second kappa shape index (κ2) is 7.38. The van der Waals surface area contributed by atoms with Gasteiger partial charge in [0.1, 0.15) is 33.7 Å². The molecule has 0 spiro atoms. The summed E-state index contributed by atoms with van der Waals surface area (Å²) < 4.78 is 23.2. The number of aromatic hydroxyl groups is 1. The van der Waals surface area contributed by atoms with E-state index < -0.39 is 5.60 Å². The molecule has 0 atom stereocenters. The van der Waals surface area contributed by atoms with Crippen molar-refractivity contribution in [1.82, 2.24) is 0 Å². The second-order valence-corrected chi connectivity index (χ2v) is 8.43. The Kier molecular flexibility index (Phi) is 4.96. The van der Waals surface area contributed by atoms with Crippen LogP contribution in [0.5, 0.6) is 23.0 Å². The molecule has 1 aromatic heterocycles. The SMILES string of the molecule is COc1cc2oc3cc4c(c(O)c3c(=O)c2c(CC=C(C)C)c1OC)C=CC(C)(C)O4. The van der Waals surface area contributed by atoms with Crippen LogP contribution in [0, 0.1) is 0 Å². The molecule has 1 aliphatic heterocycles. The molecule has 0 saturated carbocycles. The fraction of sp³-hybridized carbons (Fsp3) is 0.320. The quantitative estimate of drug-likeness (QED) is 0.450. The lowest BCUT2D eigenvalue weighted by Crippen LogP contribution is -2.27. The molecule has 0 bridgehead atoms. The van der Waals surface area contributed by atoms with Crippen LogP contribution in [0.1, 0.15) is 38.8 Å². The molecule has 3 aromatic rings. The van der Waals surface area contributed by atoms with Crippen molar-refractivity contribution in [3.8, 4) is 23.0 Å². The summed E-state index contributed by atoms with van der Waals surface area (Å²) in [4.78, 5) is 13.7. The molecule has 0 amide bonds. The molecule has 0 saturated heterocycles. The first-order valence-corrected chi connectivity index (χ1v) is 10.1. The predicted octanol–water partition coefficient (Wildman–Crippen LogP) is 5.36. The van der Waals surface area contributed by atoms with E-state index in [-0.39, 0.29) is 22.1 Å². The average Bonchev–Trinajstić information content (AvgIpc) is 2.70. The maximum atomic E-state index is 13.7. The summed E-state index contributed by atoms with van der Waals surface area (Å²) in [5.74, 6) is 1.25. The number of fused-ring (bicyclic) bond motifs is 3. The van der Waals surface area contributed by atoms with Crippen LogP contribution >= 0.6 is 0 Å². The molecule has 1 aliphatic rings. The van der Waals surface area contributed by atoms with Crippen LogP contribution in [-0.2, 0) is 6.42 Å². The van der Waals surface area contributed by atoms with E-state index in [1.807, 2.05) is 39.8 Å². The summed E-state index contributed by atoms with van der Waals surface area (Å²) >= 11 is 0. The van der Waals surface area contributed by atoms with E-state index in [9.17, 15) is 9.90 Å². The minimum Gasteiger partial charge on any atom is -0.506 e. The van der Waals surface area contributed by atoms with Crippen LogP contribution in [0.4, 0.5) is 0 Å². The van der Waals surface area contributed by atoms with E-state index >= 15 is 0 Å². The Labute approximate surface area is 180 Å². The summed E-state index contributed by atoms with van der Waals surface area (Å²) in [6.07, 6.45) is 6.08. The highest BCUT2D eigenvalue weighted by atomic mass is 16.5. The number of phenolic OH excluding ortho intramolecular Hbond substituents is 1. The standard InChI is InChI=1S/C25H26O6/c1-13(2)7-8-15-20-17(12-19(28-5)24(15)29-6)30-18-11-16-14(9-10-25(3,4)31-16)22(26)21(18)23(20)27/h7,9-12,26H,8H2,1-6H3. The number of benzene rings is 2. The normalized spacial score (nSPS) is 14.3.